The van der Waals surface area contributed by atoms with Gasteiger partial charge >= 0.3 is 0 Å². The third-order valence-electron chi connectivity index (χ3n) is 5.00. The maximum atomic E-state index is 6.18. The number of ether oxygens (including phenoxy) is 2. The van der Waals surface area contributed by atoms with Crippen LogP contribution < -0.4 is 15.4 Å². The molecule has 0 aliphatic carbocycles. The van der Waals surface area contributed by atoms with E-state index in [0.29, 0.717) is 30.6 Å². The summed E-state index contributed by atoms with van der Waals surface area (Å²) >= 11 is 0. The van der Waals surface area contributed by atoms with Gasteiger partial charge < -0.3 is 20.1 Å². The molecule has 0 saturated carbocycles. The molecule has 2 aromatic carbocycles. The van der Waals surface area contributed by atoms with Gasteiger partial charge in [-0.15, -0.1) is 5.10 Å². The summed E-state index contributed by atoms with van der Waals surface area (Å²) < 4.78 is 12.3. The number of hydrogen-bond donors (Lipinski definition) is 1. The predicted molar refractivity (Wildman–Crippen MR) is 108 cm³/mol. The van der Waals surface area contributed by atoms with Gasteiger partial charge in [-0.25, -0.2) is 9.97 Å². The molecule has 1 aliphatic rings. The van der Waals surface area contributed by atoms with Crippen LogP contribution >= 0.6 is 0 Å². The van der Waals surface area contributed by atoms with Crippen LogP contribution in [0.3, 0.4) is 0 Å². The molecule has 142 valence electrons. The van der Waals surface area contributed by atoms with Crippen LogP contribution in [0.2, 0.25) is 0 Å². The Hall–Kier alpha value is -3.39. The van der Waals surface area contributed by atoms with E-state index in [-0.39, 0.29) is 0 Å². The van der Waals surface area contributed by atoms with E-state index in [9.17, 15) is 0 Å². The first-order chi connectivity index (χ1) is 13.7. The van der Waals surface area contributed by atoms with Gasteiger partial charge in [0.1, 0.15) is 5.75 Å². The average Bonchev–Trinajstić information content (AvgIpc) is 3.20. The van der Waals surface area contributed by atoms with Crippen molar-refractivity contribution in [1.82, 2.24) is 19.6 Å². The molecule has 4 aromatic rings. The molecule has 1 fully saturated rings. The Morgan fingerprint density at radius 3 is 2.57 bits per heavy atom. The highest BCUT2D eigenvalue weighted by Gasteiger charge is 2.20. The summed E-state index contributed by atoms with van der Waals surface area (Å²) in [6.07, 6.45) is 0. The van der Waals surface area contributed by atoms with Crippen LogP contribution in [-0.4, -0.2) is 53.0 Å². The fraction of sp³-hybridized carbons (Fsp3) is 0.250. The van der Waals surface area contributed by atoms with Crippen molar-refractivity contribution in [3.63, 3.8) is 0 Å². The van der Waals surface area contributed by atoms with Crippen LogP contribution in [0.5, 0.6) is 5.75 Å². The number of anilines is 2. The van der Waals surface area contributed by atoms with Crippen molar-refractivity contribution in [3.05, 3.63) is 42.5 Å². The quantitative estimate of drug-likeness (QED) is 0.587. The fourth-order valence-electron chi connectivity index (χ4n) is 3.59. The van der Waals surface area contributed by atoms with E-state index in [1.807, 2.05) is 36.4 Å². The SMILES string of the molecule is COc1ccc(-c2nc3c4c(N5CCOCC5)cccc4nc(N)n3n2)cc1. The standard InChI is InChI=1S/C20H20N6O2/c1-27-14-7-5-13(6-8-14)18-23-19-17-15(22-20(21)26(19)24-18)3-2-4-16(17)25-9-11-28-12-10-25/h2-8H,9-12H2,1H3,(H2,21,22). The van der Waals surface area contributed by atoms with Crippen molar-refractivity contribution in [1.29, 1.82) is 0 Å². The monoisotopic (exact) mass is 376 g/mol. The molecule has 0 unspecified atom stereocenters. The van der Waals surface area contributed by atoms with Gasteiger partial charge in [0.2, 0.25) is 5.95 Å². The molecular formula is C20H20N6O2. The predicted octanol–water partition coefficient (Wildman–Crippen LogP) is 2.37. The molecule has 0 bridgehead atoms. The van der Waals surface area contributed by atoms with Crippen molar-refractivity contribution in [2.24, 2.45) is 0 Å². The Kier molecular flexibility index (Phi) is 3.98. The average molecular weight is 376 g/mol. The van der Waals surface area contributed by atoms with Crippen LogP contribution in [0.4, 0.5) is 11.6 Å². The van der Waals surface area contributed by atoms with Crippen molar-refractivity contribution in [2.45, 2.75) is 0 Å². The highest BCUT2D eigenvalue weighted by molar-refractivity contribution is 6.02. The van der Waals surface area contributed by atoms with E-state index in [2.05, 4.69) is 21.0 Å². The Balaban J connectivity index is 1.72. The van der Waals surface area contributed by atoms with Crippen LogP contribution in [0.25, 0.3) is 27.9 Å². The molecule has 2 aromatic heterocycles. The third kappa shape index (κ3) is 2.69. The molecule has 8 heteroatoms. The Bertz CT molecular complexity index is 1150. The van der Waals surface area contributed by atoms with Gasteiger partial charge in [0.05, 0.1) is 36.9 Å². The fourth-order valence-corrected chi connectivity index (χ4v) is 3.59. The van der Waals surface area contributed by atoms with Crippen molar-refractivity contribution < 1.29 is 9.47 Å². The zero-order chi connectivity index (χ0) is 19.1. The number of aromatic nitrogens is 4. The van der Waals surface area contributed by atoms with Gasteiger partial charge in [0.15, 0.2) is 11.5 Å². The number of nitrogen functional groups attached to an aromatic ring is 1. The number of morpholine rings is 1. The number of hydrogen-bond acceptors (Lipinski definition) is 7. The summed E-state index contributed by atoms with van der Waals surface area (Å²) in [6.45, 7) is 3.07. The Morgan fingerprint density at radius 2 is 1.82 bits per heavy atom. The summed E-state index contributed by atoms with van der Waals surface area (Å²) in [5, 5.41) is 5.56. The van der Waals surface area contributed by atoms with Crippen LogP contribution in [0.1, 0.15) is 0 Å². The van der Waals surface area contributed by atoms with E-state index >= 15 is 0 Å². The number of rotatable bonds is 3. The largest absolute Gasteiger partial charge is 0.497 e. The van der Waals surface area contributed by atoms with Crippen molar-refractivity contribution in [2.75, 3.05) is 44.0 Å². The van der Waals surface area contributed by atoms with Crippen LogP contribution in [-0.2, 0) is 4.74 Å². The van der Waals surface area contributed by atoms with Gasteiger partial charge in [-0.1, -0.05) is 6.07 Å². The van der Waals surface area contributed by atoms with Gasteiger partial charge in [0, 0.05) is 18.7 Å². The first kappa shape index (κ1) is 16.8. The summed E-state index contributed by atoms with van der Waals surface area (Å²) in [5.41, 5.74) is 9.66. The van der Waals surface area contributed by atoms with Gasteiger partial charge in [0.25, 0.3) is 0 Å². The molecule has 1 saturated heterocycles. The van der Waals surface area contributed by atoms with E-state index in [0.717, 1.165) is 41.0 Å². The number of methoxy groups -OCH3 is 1. The van der Waals surface area contributed by atoms with E-state index < -0.39 is 0 Å². The molecule has 0 atom stereocenters. The van der Waals surface area contributed by atoms with Crippen molar-refractivity contribution >= 4 is 28.2 Å². The lowest BCUT2D eigenvalue weighted by Crippen LogP contribution is -2.36. The van der Waals surface area contributed by atoms with Crippen molar-refractivity contribution in [3.8, 4) is 17.1 Å². The summed E-state index contributed by atoms with van der Waals surface area (Å²) in [5.74, 6) is 1.70. The highest BCUT2D eigenvalue weighted by Crippen LogP contribution is 2.32. The van der Waals surface area contributed by atoms with E-state index in [4.69, 9.17) is 20.2 Å². The van der Waals surface area contributed by atoms with Gasteiger partial charge in [-0.2, -0.15) is 4.52 Å². The number of nitrogens with zero attached hydrogens (tertiary/aromatic N) is 5. The normalized spacial score (nSPS) is 14.7. The molecule has 3 heterocycles. The Labute approximate surface area is 161 Å². The molecule has 0 amide bonds. The minimum atomic E-state index is 0.314. The number of nitrogens with two attached hydrogens (primary N) is 1. The topological polar surface area (TPSA) is 90.8 Å². The minimum Gasteiger partial charge on any atom is -0.497 e. The van der Waals surface area contributed by atoms with E-state index in [1.54, 1.807) is 11.6 Å². The number of benzene rings is 2. The lowest BCUT2D eigenvalue weighted by atomic mass is 10.1. The second-order valence-electron chi connectivity index (χ2n) is 6.64. The third-order valence-corrected chi connectivity index (χ3v) is 5.00. The zero-order valence-corrected chi connectivity index (χ0v) is 15.5. The maximum Gasteiger partial charge on any atom is 0.223 e. The van der Waals surface area contributed by atoms with Crippen LogP contribution in [0, 0.1) is 0 Å². The number of fused-ring (bicyclic) bond motifs is 3. The first-order valence-corrected chi connectivity index (χ1v) is 9.17. The molecule has 0 spiro atoms. The lowest BCUT2D eigenvalue weighted by Gasteiger charge is -2.29. The second kappa shape index (κ2) is 6.65. The molecule has 2 N–H and O–H groups in total. The molecule has 0 radical (unpaired) electrons. The highest BCUT2D eigenvalue weighted by atomic mass is 16.5. The molecule has 8 nitrogen and oxygen atoms in total. The van der Waals surface area contributed by atoms with Crippen LogP contribution in [0.15, 0.2) is 42.5 Å². The zero-order valence-electron chi connectivity index (χ0n) is 15.5. The van der Waals surface area contributed by atoms with Gasteiger partial charge in [-0.05, 0) is 36.4 Å². The van der Waals surface area contributed by atoms with E-state index in [1.165, 1.54) is 0 Å². The second-order valence-corrected chi connectivity index (χ2v) is 6.64. The maximum absolute atomic E-state index is 6.18. The summed E-state index contributed by atoms with van der Waals surface area (Å²) in [4.78, 5) is 11.7. The smallest absolute Gasteiger partial charge is 0.223 e. The summed E-state index contributed by atoms with van der Waals surface area (Å²) in [6, 6.07) is 13.7. The molecule has 28 heavy (non-hydrogen) atoms. The summed E-state index contributed by atoms with van der Waals surface area (Å²) in [7, 11) is 1.64. The van der Waals surface area contributed by atoms with Gasteiger partial charge in [-0.3, -0.25) is 0 Å². The lowest BCUT2D eigenvalue weighted by molar-refractivity contribution is 0.123. The molecular weight excluding hydrogens is 356 g/mol. The Morgan fingerprint density at radius 1 is 1.04 bits per heavy atom. The molecule has 1 aliphatic heterocycles. The first-order valence-electron chi connectivity index (χ1n) is 9.17. The minimum absolute atomic E-state index is 0.314. The molecule has 5 rings (SSSR count).